The molecular weight excluding hydrogens is 386 g/mol. The van der Waals surface area contributed by atoms with Gasteiger partial charge in [0.05, 0.1) is 5.57 Å². The van der Waals surface area contributed by atoms with Gasteiger partial charge >= 0.3 is 0 Å². The van der Waals surface area contributed by atoms with Crippen LogP contribution in [0.25, 0.3) is 5.57 Å². The predicted octanol–water partition coefficient (Wildman–Crippen LogP) is 1.47. The second-order valence-corrected chi connectivity index (χ2v) is 7.73. The summed E-state index contributed by atoms with van der Waals surface area (Å²) in [4.78, 5) is 41.0. The summed E-state index contributed by atoms with van der Waals surface area (Å²) in [6.07, 6.45) is 2.32. The minimum atomic E-state index is -0.315. The van der Waals surface area contributed by atoms with Crippen LogP contribution >= 0.6 is 0 Å². The molecule has 0 aliphatic carbocycles. The number of methoxy groups -OCH3 is 1. The van der Waals surface area contributed by atoms with E-state index in [1.54, 1.807) is 31.4 Å². The largest absolute Gasteiger partial charge is 0.396 e. The van der Waals surface area contributed by atoms with E-state index in [1.807, 2.05) is 4.90 Å². The zero-order valence-corrected chi connectivity index (χ0v) is 17.5. The first-order valence-corrected chi connectivity index (χ1v) is 10.3. The van der Waals surface area contributed by atoms with Crippen LogP contribution in [-0.2, 0) is 19.1 Å². The second kappa shape index (κ2) is 9.86. The van der Waals surface area contributed by atoms with E-state index in [0.29, 0.717) is 55.2 Å². The number of nitrogens with zero attached hydrogens (tertiary/aromatic N) is 2. The second-order valence-electron chi connectivity index (χ2n) is 7.73. The smallest absolute Gasteiger partial charge is 0.277 e. The normalized spacial score (nSPS) is 19.6. The highest BCUT2D eigenvalue weighted by Crippen LogP contribution is 2.34. The third-order valence-electron chi connectivity index (χ3n) is 5.46. The highest BCUT2D eigenvalue weighted by atomic mass is 16.5. The lowest BCUT2D eigenvalue weighted by molar-refractivity contribution is -0.138. The van der Waals surface area contributed by atoms with Gasteiger partial charge in [0.25, 0.3) is 11.8 Å². The van der Waals surface area contributed by atoms with E-state index in [9.17, 15) is 19.5 Å². The molecule has 1 aromatic rings. The first kappa shape index (κ1) is 22.0. The highest BCUT2D eigenvalue weighted by Gasteiger charge is 2.42. The number of carbonyl (C=O) groups is 3. The lowest BCUT2D eigenvalue weighted by atomic mass is 9.97. The van der Waals surface area contributed by atoms with Gasteiger partial charge < -0.3 is 20.1 Å². The number of piperidine rings is 1. The van der Waals surface area contributed by atoms with Crippen LogP contribution in [0.4, 0.5) is 5.69 Å². The molecule has 30 heavy (non-hydrogen) atoms. The predicted molar refractivity (Wildman–Crippen MR) is 112 cm³/mol. The zero-order valence-electron chi connectivity index (χ0n) is 17.5. The number of amides is 3. The summed E-state index contributed by atoms with van der Waals surface area (Å²) < 4.78 is 5.06. The molecule has 162 valence electrons. The number of hydrogen-bond donors (Lipinski definition) is 2. The van der Waals surface area contributed by atoms with E-state index < -0.39 is 0 Å². The van der Waals surface area contributed by atoms with E-state index in [4.69, 9.17) is 4.74 Å². The van der Waals surface area contributed by atoms with Gasteiger partial charge in [-0.25, -0.2) is 0 Å². The summed E-state index contributed by atoms with van der Waals surface area (Å²) in [7, 11) is 1.59. The average Bonchev–Trinajstić information content (AvgIpc) is 2.99. The van der Waals surface area contributed by atoms with Gasteiger partial charge in [0.1, 0.15) is 5.70 Å². The van der Waals surface area contributed by atoms with Crippen molar-refractivity contribution in [1.29, 1.82) is 0 Å². The molecule has 1 unspecified atom stereocenters. The number of rotatable bonds is 8. The van der Waals surface area contributed by atoms with E-state index in [0.717, 1.165) is 12.8 Å². The molecule has 0 spiro atoms. The van der Waals surface area contributed by atoms with Crippen molar-refractivity contribution in [2.45, 2.75) is 26.2 Å². The van der Waals surface area contributed by atoms with Crippen molar-refractivity contribution in [2.24, 2.45) is 5.92 Å². The molecule has 1 atom stereocenters. The number of nitrogens with one attached hydrogen (secondary N) is 1. The van der Waals surface area contributed by atoms with E-state index in [-0.39, 0.29) is 30.2 Å². The third kappa shape index (κ3) is 4.71. The summed E-state index contributed by atoms with van der Waals surface area (Å²) in [6, 6.07) is 6.94. The van der Waals surface area contributed by atoms with Gasteiger partial charge in [-0.15, -0.1) is 0 Å². The van der Waals surface area contributed by atoms with Gasteiger partial charge in [0.15, 0.2) is 0 Å². The Kier molecular flexibility index (Phi) is 7.23. The molecule has 8 nitrogen and oxygen atoms in total. The molecule has 1 saturated heterocycles. The Balaban J connectivity index is 1.95. The number of hydrogen-bond acceptors (Lipinski definition) is 6. The number of aliphatic hydroxyl groups excluding tert-OH is 1. The minimum Gasteiger partial charge on any atom is -0.396 e. The Labute approximate surface area is 176 Å². The number of aliphatic hydroxyl groups is 1. The number of carbonyl (C=O) groups excluding carboxylic acids is 3. The molecule has 3 amide bonds. The molecule has 0 aromatic heterocycles. The van der Waals surface area contributed by atoms with E-state index >= 15 is 0 Å². The number of benzene rings is 1. The summed E-state index contributed by atoms with van der Waals surface area (Å²) in [5.41, 5.74) is 2.05. The average molecular weight is 415 g/mol. The van der Waals surface area contributed by atoms with Crippen LogP contribution in [0.15, 0.2) is 30.0 Å². The topological polar surface area (TPSA) is 99.2 Å². The minimum absolute atomic E-state index is 0.0597. The van der Waals surface area contributed by atoms with Gasteiger partial charge in [-0.1, -0.05) is 12.1 Å². The van der Waals surface area contributed by atoms with Crippen molar-refractivity contribution in [3.63, 3.8) is 0 Å². The molecule has 2 aliphatic heterocycles. The van der Waals surface area contributed by atoms with Crippen LogP contribution in [0.1, 0.15) is 31.7 Å². The van der Waals surface area contributed by atoms with Gasteiger partial charge in [-0.2, -0.15) is 0 Å². The van der Waals surface area contributed by atoms with Gasteiger partial charge in [-0.05, 0) is 42.9 Å². The van der Waals surface area contributed by atoms with Crippen LogP contribution in [0.5, 0.6) is 0 Å². The fourth-order valence-corrected chi connectivity index (χ4v) is 4.03. The van der Waals surface area contributed by atoms with Crippen LogP contribution in [0, 0.1) is 5.92 Å². The fraction of sp³-hybridized carbons (Fsp3) is 0.500. The van der Waals surface area contributed by atoms with Gasteiger partial charge in [-0.3, -0.25) is 19.3 Å². The highest BCUT2D eigenvalue weighted by molar-refractivity contribution is 6.35. The van der Waals surface area contributed by atoms with Gasteiger partial charge in [0, 0.05) is 52.6 Å². The molecule has 1 aromatic carbocycles. The van der Waals surface area contributed by atoms with E-state index in [2.05, 4.69) is 5.32 Å². The van der Waals surface area contributed by atoms with Crippen molar-refractivity contribution < 1.29 is 24.2 Å². The van der Waals surface area contributed by atoms with Crippen molar-refractivity contribution >= 4 is 29.0 Å². The first-order valence-electron chi connectivity index (χ1n) is 10.3. The fourth-order valence-electron chi connectivity index (χ4n) is 4.03. The molecule has 0 radical (unpaired) electrons. The van der Waals surface area contributed by atoms with E-state index in [1.165, 1.54) is 11.8 Å². The summed E-state index contributed by atoms with van der Waals surface area (Å²) >= 11 is 0. The van der Waals surface area contributed by atoms with Crippen molar-refractivity contribution in [1.82, 2.24) is 9.80 Å². The molecule has 0 bridgehead atoms. The Bertz CT molecular complexity index is 834. The van der Waals surface area contributed by atoms with Crippen molar-refractivity contribution in [3.8, 4) is 0 Å². The quantitative estimate of drug-likeness (QED) is 0.493. The summed E-state index contributed by atoms with van der Waals surface area (Å²) in [6.45, 7) is 3.46. The maximum atomic E-state index is 13.2. The lowest BCUT2D eigenvalue weighted by Gasteiger charge is -2.34. The Hall–Kier alpha value is -2.71. The molecule has 0 saturated carbocycles. The Morgan fingerprint density at radius 3 is 2.60 bits per heavy atom. The molecule has 1 fully saturated rings. The standard InChI is InChI=1S/C22H29N3O5/c1-15(27)23-18-8-6-17(7-9-18)19-20(24-10-3-5-16(13-24)14-26)22(29)25(21(19)28)11-4-12-30-2/h6-9,16,26H,3-5,10-14H2,1-2H3,(H,23,27). The number of ether oxygens (including phenoxy) is 1. The van der Waals surface area contributed by atoms with Crippen molar-refractivity contribution in [3.05, 3.63) is 35.5 Å². The molecule has 2 aliphatic rings. The maximum Gasteiger partial charge on any atom is 0.277 e. The molecule has 2 N–H and O–H groups in total. The van der Waals surface area contributed by atoms with Crippen LogP contribution in [0.2, 0.25) is 0 Å². The Morgan fingerprint density at radius 1 is 1.23 bits per heavy atom. The monoisotopic (exact) mass is 415 g/mol. The van der Waals surface area contributed by atoms with Crippen LogP contribution in [-0.4, -0.2) is 72.6 Å². The van der Waals surface area contributed by atoms with Crippen molar-refractivity contribution in [2.75, 3.05) is 45.3 Å². The SMILES string of the molecule is COCCCN1C(=O)C(c2ccc(NC(C)=O)cc2)=C(N2CCCC(CO)C2)C1=O. The molecule has 3 rings (SSSR count). The maximum absolute atomic E-state index is 13.2. The molecular formula is C22H29N3O5. The zero-order chi connectivity index (χ0) is 21.7. The number of anilines is 1. The third-order valence-corrected chi connectivity index (χ3v) is 5.46. The number of likely N-dealkylation sites (tertiary alicyclic amines) is 1. The number of imide groups is 1. The summed E-state index contributed by atoms with van der Waals surface area (Å²) in [5, 5.41) is 12.3. The van der Waals surface area contributed by atoms with Crippen LogP contribution in [0.3, 0.4) is 0 Å². The Morgan fingerprint density at radius 2 is 1.97 bits per heavy atom. The summed E-state index contributed by atoms with van der Waals surface area (Å²) in [5.74, 6) is -0.706. The van der Waals surface area contributed by atoms with Crippen LogP contribution < -0.4 is 5.32 Å². The molecule has 2 heterocycles. The first-order chi connectivity index (χ1) is 14.5. The van der Waals surface area contributed by atoms with Gasteiger partial charge in [0.2, 0.25) is 5.91 Å². The molecule has 8 heteroatoms. The lowest BCUT2D eigenvalue weighted by Crippen LogP contribution is -2.40.